The van der Waals surface area contributed by atoms with Crippen LogP contribution in [0.2, 0.25) is 0 Å². The summed E-state index contributed by atoms with van der Waals surface area (Å²) in [6.07, 6.45) is 0.915. The Labute approximate surface area is 102 Å². The Balaban J connectivity index is 3.12. The lowest BCUT2D eigenvalue weighted by Gasteiger charge is -2.06. The average Bonchev–Trinajstić information content (AvgIpc) is 2.29. The lowest BCUT2D eigenvalue weighted by molar-refractivity contribution is -0.126. The number of amides is 2. The largest absolute Gasteiger partial charge is 0.377 e. The SMILES string of the molecule is CCCNC(=O)COCCOCCNC(C)=O. The van der Waals surface area contributed by atoms with E-state index in [1.165, 1.54) is 6.92 Å². The van der Waals surface area contributed by atoms with Crippen LogP contribution < -0.4 is 10.6 Å². The third-order valence-corrected chi connectivity index (χ3v) is 1.80. The smallest absolute Gasteiger partial charge is 0.245 e. The van der Waals surface area contributed by atoms with Crippen LogP contribution in [0.1, 0.15) is 20.3 Å². The highest BCUT2D eigenvalue weighted by Crippen LogP contribution is 1.80. The molecule has 0 radical (unpaired) electrons. The van der Waals surface area contributed by atoms with Gasteiger partial charge < -0.3 is 20.1 Å². The third-order valence-electron chi connectivity index (χ3n) is 1.80. The first-order chi connectivity index (χ1) is 8.16. The van der Waals surface area contributed by atoms with Gasteiger partial charge in [-0.1, -0.05) is 6.92 Å². The van der Waals surface area contributed by atoms with E-state index in [-0.39, 0.29) is 18.4 Å². The van der Waals surface area contributed by atoms with E-state index in [0.29, 0.717) is 32.9 Å². The lowest BCUT2D eigenvalue weighted by atomic mass is 10.5. The molecule has 6 nitrogen and oxygen atoms in total. The molecule has 0 atom stereocenters. The van der Waals surface area contributed by atoms with Crippen LogP contribution in [-0.2, 0) is 19.1 Å². The van der Waals surface area contributed by atoms with E-state index in [4.69, 9.17) is 9.47 Å². The second-order valence-electron chi connectivity index (χ2n) is 3.50. The third kappa shape index (κ3) is 12.8. The molecule has 0 aromatic heterocycles. The molecule has 0 bridgehead atoms. The van der Waals surface area contributed by atoms with Crippen molar-refractivity contribution in [3.8, 4) is 0 Å². The van der Waals surface area contributed by atoms with E-state index in [1.54, 1.807) is 0 Å². The predicted octanol–water partition coefficient (Wildman–Crippen LogP) is -0.318. The van der Waals surface area contributed by atoms with Crippen LogP contribution in [0.3, 0.4) is 0 Å². The Morgan fingerprint density at radius 2 is 1.71 bits per heavy atom. The first-order valence-electron chi connectivity index (χ1n) is 5.83. The molecule has 17 heavy (non-hydrogen) atoms. The number of ether oxygens (including phenoxy) is 2. The molecule has 0 saturated carbocycles. The van der Waals surface area contributed by atoms with Crippen LogP contribution >= 0.6 is 0 Å². The fourth-order valence-corrected chi connectivity index (χ4v) is 0.999. The standard InChI is InChI=1S/C11H22N2O4/c1-3-4-13-11(15)9-17-8-7-16-6-5-12-10(2)14/h3-9H2,1-2H3,(H,12,14)(H,13,15). The van der Waals surface area contributed by atoms with Crippen molar-refractivity contribution in [2.45, 2.75) is 20.3 Å². The predicted molar refractivity (Wildman–Crippen MR) is 63.6 cm³/mol. The van der Waals surface area contributed by atoms with Crippen molar-refractivity contribution in [2.24, 2.45) is 0 Å². The van der Waals surface area contributed by atoms with Gasteiger partial charge in [-0.15, -0.1) is 0 Å². The summed E-state index contributed by atoms with van der Waals surface area (Å²) in [5, 5.41) is 5.31. The van der Waals surface area contributed by atoms with Gasteiger partial charge >= 0.3 is 0 Å². The van der Waals surface area contributed by atoms with Gasteiger partial charge in [-0.3, -0.25) is 9.59 Å². The fourth-order valence-electron chi connectivity index (χ4n) is 0.999. The Hall–Kier alpha value is -1.14. The molecule has 0 saturated heterocycles. The second kappa shape index (κ2) is 11.3. The normalized spacial score (nSPS) is 10.0. The maximum atomic E-state index is 11.1. The summed E-state index contributed by atoms with van der Waals surface area (Å²) in [6.45, 7) is 5.92. The molecule has 2 amide bonds. The molecule has 100 valence electrons. The highest BCUT2D eigenvalue weighted by atomic mass is 16.5. The Morgan fingerprint density at radius 1 is 1.00 bits per heavy atom. The van der Waals surface area contributed by atoms with Crippen LogP contribution in [0.15, 0.2) is 0 Å². The zero-order chi connectivity index (χ0) is 12.9. The minimum Gasteiger partial charge on any atom is -0.377 e. The first kappa shape index (κ1) is 15.9. The molecule has 0 aliphatic carbocycles. The first-order valence-corrected chi connectivity index (χ1v) is 5.83. The van der Waals surface area contributed by atoms with Crippen LogP contribution in [0, 0.1) is 0 Å². The van der Waals surface area contributed by atoms with Crippen molar-refractivity contribution < 1.29 is 19.1 Å². The maximum Gasteiger partial charge on any atom is 0.245 e. The molecule has 0 aromatic carbocycles. The number of carbonyl (C=O) groups is 2. The van der Waals surface area contributed by atoms with Crippen molar-refractivity contribution >= 4 is 11.8 Å². The summed E-state index contributed by atoms with van der Waals surface area (Å²) in [6, 6.07) is 0. The van der Waals surface area contributed by atoms with Crippen LogP contribution in [0.4, 0.5) is 0 Å². The van der Waals surface area contributed by atoms with Gasteiger partial charge in [-0.2, -0.15) is 0 Å². The molecule has 0 rings (SSSR count). The molecule has 6 heteroatoms. The summed E-state index contributed by atoms with van der Waals surface area (Å²) in [4.78, 5) is 21.6. The summed E-state index contributed by atoms with van der Waals surface area (Å²) in [7, 11) is 0. The Morgan fingerprint density at radius 3 is 2.35 bits per heavy atom. The van der Waals surface area contributed by atoms with E-state index in [0.717, 1.165) is 6.42 Å². The highest BCUT2D eigenvalue weighted by molar-refractivity contribution is 5.77. The monoisotopic (exact) mass is 246 g/mol. The van der Waals surface area contributed by atoms with E-state index >= 15 is 0 Å². The summed E-state index contributed by atoms with van der Waals surface area (Å²) >= 11 is 0. The molecule has 0 unspecified atom stereocenters. The second-order valence-corrected chi connectivity index (χ2v) is 3.50. The van der Waals surface area contributed by atoms with Crippen molar-refractivity contribution in [3.63, 3.8) is 0 Å². The number of carbonyl (C=O) groups excluding carboxylic acids is 2. The average molecular weight is 246 g/mol. The Kier molecular flexibility index (Phi) is 10.6. The minimum absolute atomic E-state index is 0.0645. The summed E-state index contributed by atoms with van der Waals surface area (Å²) in [5.74, 6) is -0.178. The fraction of sp³-hybridized carbons (Fsp3) is 0.818. The number of hydrogen-bond donors (Lipinski definition) is 2. The molecule has 0 spiro atoms. The van der Waals surface area contributed by atoms with Gasteiger partial charge in [0.2, 0.25) is 11.8 Å². The van der Waals surface area contributed by atoms with Crippen molar-refractivity contribution in [1.82, 2.24) is 10.6 Å². The van der Waals surface area contributed by atoms with Gasteiger partial charge in [-0.25, -0.2) is 0 Å². The lowest BCUT2D eigenvalue weighted by Crippen LogP contribution is -2.29. The number of rotatable bonds is 10. The zero-order valence-corrected chi connectivity index (χ0v) is 10.6. The molecule has 0 aromatic rings. The van der Waals surface area contributed by atoms with Crippen LogP contribution in [0.5, 0.6) is 0 Å². The molecule has 0 fully saturated rings. The topological polar surface area (TPSA) is 76.7 Å². The molecular weight excluding hydrogens is 224 g/mol. The van der Waals surface area contributed by atoms with E-state index in [2.05, 4.69) is 10.6 Å². The zero-order valence-electron chi connectivity index (χ0n) is 10.6. The van der Waals surface area contributed by atoms with Crippen molar-refractivity contribution in [2.75, 3.05) is 39.5 Å². The number of hydrogen-bond acceptors (Lipinski definition) is 4. The van der Waals surface area contributed by atoms with Gasteiger partial charge in [-0.05, 0) is 6.42 Å². The van der Waals surface area contributed by atoms with Crippen LogP contribution in [-0.4, -0.2) is 51.3 Å². The minimum atomic E-state index is -0.106. The summed E-state index contributed by atoms with van der Waals surface area (Å²) < 4.78 is 10.3. The van der Waals surface area contributed by atoms with Crippen molar-refractivity contribution in [1.29, 1.82) is 0 Å². The summed E-state index contributed by atoms with van der Waals surface area (Å²) in [5.41, 5.74) is 0. The van der Waals surface area contributed by atoms with Gasteiger partial charge in [0.1, 0.15) is 6.61 Å². The van der Waals surface area contributed by atoms with Gasteiger partial charge in [0.05, 0.1) is 19.8 Å². The quantitative estimate of drug-likeness (QED) is 0.518. The van der Waals surface area contributed by atoms with E-state index in [1.807, 2.05) is 6.92 Å². The Bertz CT molecular complexity index is 222. The van der Waals surface area contributed by atoms with Crippen molar-refractivity contribution in [3.05, 3.63) is 0 Å². The molecule has 2 N–H and O–H groups in total. The van der Waals surface area contributed by atoms with Gasteiger partial charge in [0.15, 0.2) is 0 Å². The number of nitrogens with one attached hydrogen (secondary N) is 2. The molecular formula is C11H22N2O4. The van der Waals surface area contributed by atoms with Gasteiger partial charge in [0, 0.05) is 20.0 Å². The highest BCUT2D eigenvalue weighted by Gasteiger charge is 1.99. The molecule has 0 aliphatic rings. The molecule has 0 aliphatic heterocycles. The van der Waals surface area contributed by atoms with E-state index < -0.39 is 0 Å². The molecule has 0 heterocycles. The maximum absolute atomic E-state index is 11.1. The van der Waals surface area contributed by atoms with Crippen LogP contribution in [0.25, 0.3) is 0 Å². The van der Waals surface area contributed by atoms with Gasteiger partial charge in [0.25, 0.3) is 0 Å². The van der Waals surface area contributed by atoms with E-state index in [9.17, 15) is 9.59 Å².